The van der Waals surface area contributed by atoms with Gasteiger partial charge in [-0.2, -0.15) is 0 Å². The molecular weight excluding hydrogens is 214 g/mol. The first-order valence-electron chi connectivity index (χ1n) is 5.46. The van der Waals surface area contributed by atoms with E-state index in [0.29, 0.717) is 5.56 Å². The molecule has 2 aromatic rings. The molecule has 0 radical (unpaired) electrons. The van der Waals surface area contributed by atoms with Gasteiger partial charge >= 0.3 is 0 Å². The topological polar surface area (TPSA) is 66.5 Å². The van der Waals surface area contributed by atoms with Crippen molar-refractivity contribution in [1.29, 1.82) is 0 Å². The third-order valence-electron chi connectivity index (χ3n) is 2.76. The first-order valence-corrected chi connectivity index (χ1v) is 5.46. The van der Waals surface area contributed by atoms with E-state index in [1.54, 1.807) is 12.1 Å². The predicted octanol–water partition coefficient (Wildman–Crippen LogP) is 2.13. The molecule has 4 N–H and O–H groups in total. The monoisotopic (exact) mass is 229 g/mol. The fraction of sp³-hybridized carbons (Fsp3) is 0.143. The second kappa shape index (κ2) is 4.99. The molecule has 2 aromatic carbocycles. The summed E-state index contributed by atoms with van der Waals surface area (Å²) >= 11 is 0. The maximum absolute atomic E-state index is 10.1. The van der Waals surface area contributed by atoms with Gasteiger partial charge in [-0.1, -0.05) is 42.5 Å². The molecule has 0 saturated heterocycles. The van der Waals surface area contributed by atoms with Crippen molar-refractivity contribution in [2.45, 2.75) is 12.1 Å². The van der Waals surface area contributed by atoms with E-state index in [2.05, 4.69) is 0 Å². The molecule has 88 valence electrons. The molecule has 0 aliphatic rings. The van der Waals surface area contributed by atoms with Crippen molar-refractivity contribution in [2.75, 3.05) is 0 Å². The SMILES string of the molecule is N[C@H](c1ccccc1)[C@@H](O)c1ccc(O)cc1. The van der Waals surface area contributed by atoms with Crippen LogP contribution in [0.4, 0.5) is 0 Å². The van der Waals surface area contributed by atoms with Crippen LogP contribution < -0.4 is 5.73 Å². The Hall–Kier alpha value is -1.84. The van der Waals surface area contributed by atoms with Crippen LogP contribution in [-0.4, -0.2) is 10.2 Å². The Kier molecular flexibility index (Phi) is 3.42. The molecule has 0 bridgehead atoms. The maximum Gasteiger partial charge on any atom is 0.115 e. The zero-order valence-corrected chi connectivity index (χ0v) is 9.32. The summed E-state index contributed by atoms with van der Waals surface area (Å²) < 4.78 is 0. The van der Waals surface area contributed by atoms with E-state index in [1.807, 2.05) is 30.3 Å². The van der Waals surface area contributed by atoms with Crippen molar-refractivity contribution in [2.24, 2.45) is 5.73 Å². The molecule has 0 aromatic heterocycles. The highest BCUT2D eigenvalue weighted by molar-refractivity contribution is 5.30. The van der Waals surface area contributed by atoms with Gasteiger partial charge in [-0.15, -0.1) is 0 Å². The van der Waals surface area contributed by atoms with Crippen molar-refractivity contribution in [1.82, 2.24) is 0 Å². The lowest BCUT2D eigenvalue weighted by Gasteiger charge is -2.19. The molecule has 17 heavy (non-hydrogen) atoms. The highest BCUT2D eigenvalue weighted by atomic mass is 16.3. The van der Waals surface area contributed by atoms with Gasteiger partial charge in [0.25, 0.3) is 0 Å². The van der Waals surface area contributed by atoms with Crippen LogP contribution in [0.1, 0.15) is 23.3 Å². The molecule has 3 nitrogen and oxygen atoms in total. The van der Waals surface area contributed by atoms with Crippen LogP contribution in [0.5, 0.6) is 5.75 Å². The highest BCUT2D eigenvalue weighted by Gasteiger charge is 2.18. The quantitative estimate of drug-likeness (QED) is 0.755. The number of benzene rings is 2. The summed E-state index contributed by atoms with van der Waals surface area (Å²) in [5.74, 6) is 0.175. The molecule has 0 saturated carbocycles. The number of phenolic OH excluding ortho intramolecular Hbond substituents is 1. The number of rotatable bonds is 3. The Labute approximate surface area is 100 Å². The van der Waals surface area contributed by atoms with Crippen LogP contribution in [0.2, 0.25) is 0 Å². The first kappa shape index (κ1) is 11.6. The molecule has 0 fully saturated rings. The van der Waals surface area contributed by atoms with Crippen LogP contribution in [0.3, 0.4) is 0 Å². The van der Waals surface area contributed by atoms with E-state index >= 15 is 0 Å². The van der Waals surface area contributed by atoms with Gasteiger partial charge < -0.3 is 15.9 Å². The summed E-state index contributed by atoms with van der Waals surface area (Å²) in [5, 5.41) is 19.3. The summed E-state index contributed by atoms with van der Waals surface area (Å²) in [6, 6.07) is 15.4. The molecule has 0 aliphatic heterocycles. The van der Waals surface area contributed by atoms with Gasteiger partial charge in [0.05, 0.1) is 12.1 Å². The minimum atomic E-state index is -0.780. The summed E-state index contributed by atoms with van der Waals surface area (Å²) in [5.41, 5.74) is 7.57. The second-order valence-electron chi connectivity index (χ2n) is 3.97. The number of aliphatic hydroxyl groups excluding tert-OH is 1. The van der Waals surface area contributed by atoms with Gasteiger partial charge in [-0.3, -0.25) is 0 Å². The smallest absolute Gasteiger partial charge is 0.115 e. The van der Waals surface area contributed by atoms with E-state index < -0.39 is 12.1 Å². The summed E-state index contributed by atoms with van der Waals surface area (Å²) in [4.78, 5) is 0. The average Bonchev–Trinajstić information content (AvgIpc) is 2.39. The van der Waals surface area contributed by atoms with Gasteiger partial charge in [0.15, 0.2) is 0 Å². The van der Waals surface area contributed by atoms with Gasteiger partial charge in [0.1, 0.15) is 5.75 Å². The standard InChI is InChI=1S/C14H15NO2/c15-13(10-4-2-1-3-5-10)14(17)11-6-8-12(16)9-7-11/h1-9,13-14,16-17H,15H2/t13-,14+/m1/s1. The van der Waals surface area contributed by atoms with Gasteiger partial charge in [0, 0.05) is 0 Å². The van der Waals surface area contributed by atoms with E-state index in [4.69, 9.17) is 5.73 Å². The Morgan fingerprint density at radius 3 is 2.00 bits per heavy atom. The van der Waals surface area contributed by atoms with Gasteiger partial charge in [-0.05, 0) is 23.3 Å². The van der Waals surface area contributed by atoms with E-state index in [1.165, 1.54) is 12.1 Å². The molecule has 3 heteroatoms. The summed E-state index contributed by atoms with van der Waals surface area (Å²) in [6.45, 7) is 0. The molecule has 0 unspecified atom stereocenters. The Morgan fingerprint density at radius 2 is 1.41 bits per heavy atom. The zero-order valence-electron chi connectivity index (χ0n) is 9.32. The largest absolute Gasteiger partial charge is 0.508 e. The molecular formula is C14H15NO2. The fourth-order valence-corrected chi connectivity index (χ4v) is 1.74. The summed E-state index contributed by atoms with van der Waals surface area (Å²) in [7, 11) is 0. The zero-order chi connectivity index (χ0) is 12.3. The van der Waals surface area contributed by atoms with Crippen molar-refractivity contribution < 1.29 is 10.2 Å². The number of nitrogens with two attached hydrogens (primary N) is 1. The third-order valence-corrected chi connectivity index (χ3v) is 2.76. The van der Waals surface area contributed by atoms with Crippen LogP contribution in [0.15, 0.2) is 54.6 Å². The van der Waals surface area contributed by atoms with Crippen LogP contribution in [-0.2, 0) is 0 Å². The van der Waals surface area contributed by atoms with E-state index in [0.717, 1.165) is 5.56 Å². The lowest BCUT2D eigenvalue weighted by atomic mass is 9.97. The lowest BCUT2D eigenvalue weighted by molar-refractivity contribution is 0.147. The van der Waals surface area contributed by atoms with Crippen molar-refractivity contribution in [3.05, 3.63) is 65.7 Å². The predicted molar refractivity (Wildman–Crippen MR) is 66.4 cm³/mol. The minimum absolute atomic E-state index is 0.175. The maximum atomic E-state index is 10.1. The van der Waals surface area contributed by atoms with Crippen LogP contribution in [0, 0.1) is 0 Å². The number of hydrogen-bond acceptors (Lipinski definition) is 3. The van der Waals surface area contributed by atoms with Crippen LogP contribution in [0.25, 0.3) is 0 Å². The van der Waals surface area contributed by atoms with Crippen molar-refractivity contribution in [3.63, 3.8) is 0 Å². The first-order chi connectivity index (χ1) is 8.18. The third kappa shape index (κ3) is 2.64. The Morgan fingerprint density at radius 1 is 0.824 bits per heavy atom. The number of hydrogen-bond donors (Lipinski definition) is 3. The second-order valence-corrected chi connectivity index (χ2v) is 3.97. The van der Waals surface area contributed by atoms with Crippen LogP contribution >= 0.6 is 0 Å². The minimum Gasteiger partial charge on any atom is -0.508 e. The van der Waals surface area contributed by atoms with E-state index in [-0.39, 0.29) is 5.75 Å². The molecule has 0 heterocycles. The number of aliphatic hydroxyl groups is 1. The van der Waals surface area contributed by atoms with Crippen molar-refractivity contribution >= 4 is 0 Å². The Bertz CT molecular complexity index is 467. The lowest BCUT2D eigenvalue weighted by Crippen LogP contribution is -2.19. The average molecular weight is 229 g/mol. The van der Waals surface area contributed by atoms with Crippen molar-refractivity contribution in [3.8, 4) is 5.75 Å². The normalized spacial score (nSPS) is 14.2. The molecule has 0 spiro atoms. The number of aromatic hydroxyl groups is 1. The molecule has 2 atom stereocenters. The van der Waals surface area contributed by atoms with Gasteiger partial charge in [-0.25, -0.2) is 0 Å². The molecule has 0 aliphatic carbocycles. The van der Waals surface area contributed by atoms with E-state index in [9.17, 15) is 10.2 Å². The number of phenols is 1. The fourth-order valence-electron chi connectivity index (χ4n) is 1.74. The molecule has 2 rings (SSSR count). The Balaban J connectivity index is 2.20. The van der Waals surface area contributed by atoms with Gasteiger partial charge in [0.2, 0.25) is 0 Å². The highest BCUT2D eigenvalue weighted by Crippen LogP contribution is 2.27. The summed E-state index contributed by atoms with van der Waals surface area (Å²) in [6.07, 6.45) is -0.780. The molecule has 0 amide bonds.